The van der Waals surface area contributed by atoms with Gasteiger partial charge in [0.2, 0.25) is 11.8 Å². The maximum Gasteiger partial charge on any atom is 0.249 e. The molecule has 0 fully saturated rings. The van der Waals surface area contributed by atoms with Crippen LogP contribution in [0.25, 0.3) is 0 Å². The second-order valence-corrected chi connectivity index (χ2v) is 6.27. The number of carbonyl (C=O) groups is 2. The number of nitrogens with zero attached hydrogens (tertiary/aromatic N) is 1. The Morgan fingerprint density at radius 3 is 2.48 bits per heavy atom. The van der Waals surface area contributed by atoms with Crippen molar-refractivity contribution in [2.45, 2.75) is 20.3 Å². The van der Waals surface area contributed by atoms with E-state index < -0.39 is 24.1 Å². The van der Waals surface area contributed by atoms with Crippen LogP contribution in [0.1, 0.15) is 25.8 Å². The Morgan fingerprint density at radius 2 is 1.81 bits per heavy atom. The summed E-state index contributed by atoms with van der Waals surface area (Å²) in [4.78, 5) is 23.5. The topological polar surface area (TPSA) is 79.8 Å². The number of ether oxygens (including phenoxy) is 1. The van der Waals surface area contributed by atoms with Gasteiger partial charge in [0, 0.05) is 0 Å². The first-order valence-corrected chi connectivity index (χ1v) is 8.53. The standard InChI is InChI=1S/C20H22FN3O3/c1-14(2)13-27-16-9-7-15(8-10-16)12-22-24-20(26)11-19(25)23-18-6-4-3-5-17(18)21/h3-10,12,14H,11,13H2,1-2H3,(H,23,25)(H,24,26). The van der Waals surface area contributed by atoms with E-state index in [-0.39, 0.29) is 5.69 Å². The summed E-state index contributed by atoms with van der Waals surface area (Å²) in [5.74, 6) is -0.590. The SMILES string of the molecule is CC(C)COc1ccc(C=NNC(=O)CC(=O)Nc2ccccc2F)cc1. The number of benzene rings is 2. The van der Waals surface area contributed by atoms with Crippen LogP contribution in [-0.2, 0) is 9.59 Å². The fraction of sp³-hybridized carbons (Fsp3) is 0.250. The Labute approximate surface area is 157 Å². The quantitative estimate of drug-likeness (QED) is 0.424. The highest BCUT2D eigenvalue weighted by Crippen LogP contribution is 2.13. The van der Waals surface area contributed by atoms with Gasteiger partial charge in [0.15, 0.2) is 0 Å². The van der Waals surface area contributed by atoms with E-state index in [1.807, 2.05) is 12.1 Å². The summed E-state index contributed by atoms with van der Waals surface area (Å²) in [6.45, 7) is 4.78. The summed E-state index contributed by atoms with van der Waals surface area (Å²) in [5, 5.41) is 6.14. The van der Waals surface area contributed by atoms with Gasteiger partial charge in [-0.05, 0) is 47.9 Å². The molecule has 2 amide bonds. The van der Waals surface area contributed by atoms with Crippen LogP contribution < -0.4 is 15.5 Å². The average molecular weight is 371 g/mol. The number of amides is 2. The summed E-state index contributed by atoms with van der Waals surface area (Å²) >= 11 is 0. The van der Waals surface area contributed by atoms with Crippen LogP contribution in [0.4, 0.5) is 10.1 Å². The average Bonchev–Trinajstić information content (AvgIpc) is 2.63. The molecule has 0 unspecified atom stereocenters. The van der Waals surface area contributed by atoms with Crippen LogP contribution in [0.15, 0.2) is 53.6 Å². The van der Waals surface area contributed by atoms with Crippen LogP contribution in [0.2, 0.25) is 0 Å². The number of halogens is 1. The van der Waals surface area contributed by atoms with Gasteiger partial charge in [-0.3, -0.25) is 9.59 Å². The van der Waals surface area contributed by atoms with Gasteiger partial charge in [-0.25, -0.2) is 9.82 Å². The third-order valence-electron chi connectivity index (χ3n) is 3.34. The molecule has 0 heterocycles. The van der Waals surface area contributed by atoms with Crippen LogP contribution >= 0.6 is 0 Å². The number of hydrogen-bond donors (Lipinski definition) is 2. The van der Waals surface area contributed by atoms with E-state index >= 15 is 0 Å². The maximum absolute atomic E-state index is 13.4. The number of para-hydroxylation sites is 1. The molecule has 27 heavy (non-hydrogen) atoms. The van der Waals surface area contributed by atoms with E-state index in [1.165, 1.54) is 24.4 Å². The van der Waals surface area contributed by atoms with E-state index in [4.69, 9.17) is 4.74 Å². The van der Waals surface area contributed by atoms with E-state index in [2.05, 4.69) is 29.7 Å². The number of rotatable bonds is 8. The number of hydrazone groups is 1. The largest absolute Gasteiger partial charge is 0.493 e. The predicted molar refractivity (Wildman–Crippen MR) is 102 cm³/mol. The summed E-state index contributed by atoms with van der Waals surface area (Å²) in [7, 11) is 0. The second kappa shape index (κ2) is 10.1. The molecule has 0 radical (unpaired) electrons. The molecule has 0 aromatic heterocycles. The Bertz CT molecular complexity index is 804. The van der Waals surface area contributed by atoms with Crippen molar-refractivity contribution in [1.82, 2.24) is 5.43 Å². The van der Waals surface area contributed by atoms with Crippen LogP contribution in [-0.4, -0.2) is 24.6 Å². The van der Waals surface area contributed by atoms with E-state index in [1.54, 1.807) is 18.2 Å². The van der Waals surface area contributed by atoms with Crippen molar-refractivity contribution in [3.05, 3.63) is 59.9 Å². The third kappa shape index (κ3) is 7.27. The minimum Gasteiger partial charge on any atom is -0.493 e. The van der Waals surface area contributed by atoms with Crippen molar-refractivity contribution in [2.24, 2.45) is 11.0 Å². The van der Waals surface area contributed by atoms with Crippen molar-refractivity contribution in [1.29, 1.82) is 0 Å². The first kappa shape index (κ1) is 20.1. The molecule has 0 aliphatic carbocycles. The highest BCUT2D eigenvalue weighted by Gasteiger charge is 2.10. The maximum atomic E-state index is 13.4. The van der Waals surface area contributed by atoms with Gasteiger partial charge in [-0.15, -0.1) is 0 Å². The van der Waals surface area contributed by atoms with Gasteiger partial charge in [0.25, 0.3) is 0 Å². The molecule has 0 aliphatic rings. The predicted octanol–water partition coefficient (Wildman–Crippen LogP) is 3.34. The highest BCUT2D eigenvalue weighted by atomic mass is 19.1. The molecule has 2 aromatic rings. The molecule has 2 N–H and O–H groups in total. The summed E-state index contributed by atoms with van der Waals surface area (Å²) in [6, 6.07) is 13.0. The molecular weight excluding hydrogens is 349 g/mol. The molecule has 0 atom stereocenters. The van der Waals surface area contributed by atoms with E-state index in [9.17, 15) is 14.0 Å². The molecule has 7 heteroatoms. The minimum absolute atomic E-state index is 0.0265. The van der Waals surface area contributed by atoms with Gasteiger partial charge >= 0.3 is 0 Å². The fourth-order valence-electron chi connectivity index (χ4n) is 2.03. The molecule has 2 rings (SSSR count). The van der Waals surface area contributed by atoms with Gasteiger partial charge in [0.1, 0.15) is 18.0 Å². The third-order valence-corrected chi connectivity index (χ3v) is 3.34. The number of anilines is 1. The summed E-state index contributed by atoms with van der Waals surface area (Å²) < 4.78 is 19.0. The van der Waals surface area contributed by atoms with Crippen molar-refractivity contribution in [3.8, 4) is 5.75 Å². The summed E-state index contributed by atoms with van der Waals surface area (Å²) in [5.41, 5.74) is 3.05. The zero-order valence-electron chi connectivity index (χ0n) is 15.2. The monoisotopic (exact) mass is 371 g/mol. The number of nitrogens with one attached hydrogen (secondary N) is 2. The molecule has 0 saturated heterocycles. The lowest BCUT2D eigenvalue weighted by atomic mass is 10.2. The van der Waals surface area contributed by atoms with E-state index in [0.717, 1.165) is 11.3 Å². The van der Waals surface area contributed by atoms with Gasteiger partial charge in [-0.2, -0.15) is 5.10 Å². The molecule has 0 spiro atoms. The van der Waals surface area contributed by atoms with Crippen molar-refractivity contribution in [2.75, 3.05) is 11.9 Å². The lowest BCUT2D eigenvalue weighted by molar-refractivity contribution is -0.126. The minimum atomic E-state index is -0.626. The Balaban J connectivity index is 1.77. The molecule has 142 valence electrons. The van der Waals surface area contributed by atoms with Gasteiger partial charge < -0.3 is 10.1 Å². The van der Waals surface area contributed by atoms with Crippen molar-refractivity contribution in [3.63, 3.8) is 0 Å². The van der Waals surface area contributed by atoms with Gasteiger partial charge in [-0.1, -0.05) is 26.0 Å². The Kier molecular flexibility index (Phi) is 7.49. The molecule has 0 bridgehead atoms. The normalized spacial score (nSPS) is 10.8. The van der Waals surface area contributed by atoms with Crippen LogP contribution in [0.3, 0.4) is 0 Å². The molecule has 2 aromatic carbocycles. The first-order valence-electron chi connectivity index (χ1n) is 8.53. The number of carbonyl (C=O) groups excluding carboxylic acids is 2. The highest BCUT2D eigenvalue weighted by molar-refractivity contribution is 6.03. The van der Waals surface area contributed by atoms with Crippen LogP contribution in [0.5, 0.6) is 5.75 Å². The summed E-state index contributed by atoms with van der Waals surface area (Å²) in [6.07, 6.45) is 0.993. The molecule has 6 nitrogen and oxygen atoms in total. The van der Waals surface area contributed by atoms with Crippen molar-refractivity contribution >= 4 is 23.7 Å². The molecule has 0 aliphatic heterocycles. The Morgan fingerprint density at radius 1 is 1.11 bits per heavy atom. The van der Waals surface area contributed by atoms with Crippen molar-refractivity contribution < 1.29 is 18.7 Å². The van der Waals surface area contributed by atoms with Gasteiger partial charge in [0.05, 0.1) is 18.5 Å². The smallest absolute Gasteiger partial charge is 0.249 e. The van der Waals surface area contributed by atoms with E-state index in [0.29, 0.717) is 12.5 Å². The lowest BCUT2D eigenvalue weighted by Crippen LogP contribution is -2.24. The zero-order valence-corrected chi connectivity index (χ0v) is 15.2. The fourth-order valence-corrected chi connectivity index (χ4v) is 2.03. The lowest BCUT2D eigenvalue weighted by Gasteiger charge is -2.08. The molecule has 0 saturated carbocycles. The first-order chi connectivity index (χ1) is 12.9. The zero-order chi connectivity index (χ0) is 19.6. The Hall–Kier alpha value is -3.22. The molecular formula is C20H22FN3O3. The number of hydrogen-bond acceptors (Lipinski definition) is 4. The second-order valence-electron chi connectivity index (χ2n) is 6.27. The van der Waals surface area contributed by atoms with Crippen LogP contribution in [0, 0.1) is 11.7 Å².